The fraction of sp³-hybridized carbons (Fsp3) is 0.0854. The van der Waals surface area contributed by atoms with Crippen molar-refractivity contribution in [3.05, 3.63) is 298 Å². The van der Waals surface area contributed by atoms with E-state index in [9.17, 15) is 31.6 Å². The highest BCUT2D eigenvalue weighted by molar-refractivity contribution is 6.14. The van der Waals surface area contributed by atoms with E-state index >= 15 is 13.2 Å². The normalized spacial score (nSPS) is 12.1. The van der Waals surface area contributed by atoms with E-state index in [2.05, 4.69) is 24.9 Å². The summed E-state index contributed by atoms with van der Waals surface area (Å²) >= 11 is 0. The van der Waals surface area contributed by atoms with Crippen LogP contribution in [0.1, 0.15) is 44.5 Å². The molecule has 0 N–H and O–H groups in total. The van der Waals surface area contributed by atoms with Gasteiger partial charge in [-0.05, 0) is 157 Å². The Morgan fingerprint density at radius 1 is 0.316 bits per heavy atom. The summed E-state index contributed by atoms with van der Waals surface area (Å²) in [5.74, 6) is 0. The molecule has 0 fully saturated rings. The fourth-order valence-electron chi connectivity index (χ4n) is 14.4. The van der Waals surface area contributed by atoms with Crippen LogP contribution in [-0.4, -0.2) is 18.3 Å². The third-order valence-corrected chi connectivity index (χ3v) is 18.6. The van der Waals surface area contributed by atoms with Gasteiger partial charge in [-0.15, -0.1) is 0 Å². The SMILES string of the molecule is [C-]#[N+]c1cc(-c2cc(-n3c4ccccc4c4cccc(C)c43)c(C#N)c(-n3c4ccccc4c4cccc(C)c43)c2)cc(C(F)(F)F)c1.[C-]#[N+]c1cc(-c2cc(-n3c4ccccc4c4cccc(C)c43)c(C(F)(F)F)c(-n3c4ccccc4c4cccc(C)c43)c2)cc(C(F)(F)F)c1. The molecule has 0 radical (unpaired) electrons. The first kappa shape index (κ1) is 61.8. The number of rotatable bonds is 6. The molecule has 4 aromatic heterocycles. The molecule has 0 atom stereocenters. The molecule has 0 spiro atoms. The Balaban J connectivity index is 0.000000160. The van der Waals surface area contributed by atoms with Gasteiger partial charge in [0.05, 0.1) is 80.0 Å². The van der Waals surface area contributed by atoms with Gasteiger partial charge in [0.1, 0.15) is 17.2 Å². The quantitative estimate of drug-likeness (QED) is 0.121. The fourth-order valence-corrected chi connectivity index (χ4v) is 14.4. The molecule has 98 heavy (non-hydrogen) atoms. The van der Waals surface area contributed by atoms with E-state index in [0.717, 1.165) is 112 Å². The summed E-state index contributed by atoms with van der Waals surface area (Å²) in [6, 6.07) is 68.3. The van der Waals surface area contributed by atoms with Crippen molar-refractivity contribution in [2.45, 2.75) is 46.2 Å². The van der Waals surface area contributed by atoms with Crippen LogP contribution in [0.2, 0.25) is 0 Å². The van der Waals surface area contributed by atoms with Gasteiger partial charge in [-0.2, -0.15) is 44.8 Å². The minimum atomic E-state index is -4.92. The maximum atomic E-state index is 16.0. The molecule has 4 heterocycles. The Morgan fingerprint density at radius 3 is 0.857 bits per heavy atom. The summed E-state index contributed by atoms with van der Waals surface area (Å²) in [6.07, 6.45) is -14.4. The Morgan fingerprint density at radius 2 is 0.582 bits per heavy atom. The van der Waals surface area contributed by atoms with Crippen molar-refractivity contribution in [3.63, 3.8) is 0 Å². The van der Waals surface area contributed by atoms with E-state index in [-0.39, 0.29) is 39.4 Å². The summed E-state index contributed by atoms with van der Waals surface area (Å²) < 4.78 is 140. The number of aryl methyl sites for hydroxylation is 4. The number of fused-ring (bicyclic) bond motifs is 12. The lowest BCUT2D eigenvalue weighted by Gasteiger charge is -2.24. The molecular formula is C82H50F9N7. The number of hydrogen-bond acceptors (Lipinski definition) is 1. The summed E-state index contributed by atoms with van der Waals surface area (Å²) in [7, 11) is 0. The van der Waals surface area contributed by atoms with Crippen molar-refractivity contribution in [1.82, 2.24) is 18.3 Å². The van der Waals surface area contributed by atoms with Crippen molar-refractivity contribution in [3.8, 4) is 51.1 Å². The number of benzene rings is 12. The van der Waals surface area contributed by atoms with Gasteiger partial charge in [0.2, 0.25) is 0 Å². The summed E-state index contributed by atoms with van der Waals surface area (Å²) in [5, 5.41) is 18.0. The third-order valence-electron chi connectivity index (χ3n) is 18.6. The second-order valence-electron chi connectivity index (χ2n) is 24.4. The average Bonchev–Trinajstić information content (AvgIpc) is 1.52. The van der Waals surface area contributed by atoms with Crippen molar-refractivity contribution < 1.29 is 39.5 Å². The van der Waals surface area contributed by atoms with Gasteiger partial charge in [0.25, 0.3) is 0 Å². The van der Waals surface area contributed by atoms with Crippen molar-refractivity contribution >= 4 is 98.6 Å². The molecule has 476 valence electrons. The minimum absolute atomic E-state index is 0.0305. The molecule has 0 aliphatic heterocycles. The van der Waals surface area contributed by atoms with Gasteiger partial charge < -0.3 is 18.3 Å². The zero-order valence-corrected chi connectivity index (χ0v) is 52.5. The molecule has 0 unspecified atom stereocenters. The predicted molar refractivity (Wildman–Crippen MR) is 372 cm³/mol. The van der Waals surface area contributed by atoms with Crippen LogP contribution in [0, 0.1) is 52.2 Å². The van der Waals surface area contributed by atoms with Crippen molar-refractivity contribution in [2.24, 2.45) is 0 Å². The highest BCUT2D eigenvalue weighted by Gasteiger charge is 2.41. The molecule has 7 nitrogen and oxygen atoms in total. The van der Waals surface area contributed by atoms with Crippen LogP contribution < -0.4 is 0 Å². The Kier molecular flexibility index (Phi) is 14.5. The highest BCUT2D eigenvalue weighted by Crippen LogP contribution is 2.49. The topological polar surface area (TPSA) is 52.2 Å². The molecule has 16 heteroatoms. The van der Waals surface area contributed by atoms with E-state index in [1.165, 1.54) is 24.3 Å². The standard InChI is InChI=1S/C41H25F6N3.C41H25F3N4/c1-23-10-8-14-31-29-12-4-6-16-33(29)49(38(23)31)35-20-26(25-18-27(40(42,43)44)22-28(19-25)48-3)21-36(37(35)41(45,46)47)50-34-17-7-5-13-30(34)32-15-9-11-24(2)39(32)50;1-24-10-8-14-32-30-12-4-6-16-35(30)47(39(24)32)37-20-27(26-18-28(41(42,43)44)22-29(19-26)46-3)21-38(34(37)23-45)48-36-17-7-5-13-31(36)33-15-9-11-25(2)40(33)48/h4-22H,1-2H3;4-22H,1-2H3. The first-order valence-corrected chi connectivity index (χ1v) is 31.1. The molecule has 0 saturated heterocycles. The molecule has 0 aliphatic carbocycles. The maximum absolute atomic E-state index is 16.0. The van der Waals surface area contributed by atoms with Crippen molar-refractivity contribution in [1.29, 1.82) is 5.26 Å². The van der Waals surface area contributed by atoms with E-state index in [4.69, 9.17) is 13.1 Å². The molecule has 0 bridgehead atoms. The number of alkyl halides is 9. The number of halogens is 9. The van der Waals surface area contributed by atoms with Crippen molar-refractivity contribution in [2.75, 3.05) is 0 Å². The largest absolute Gasteiger partial charge is 0.420 e. The Labute approximate surface area is 554 Å². The maximum Gasteiger partial charge on any atom is 0.420 e. The Hall–Kier alpha value is -12.3. The van der Waals surface area contributed by atoms with Crippen LogP contribution in [0.3, 0.4) is 0 Å². The van der Waals surface area contributed by atoms with E-state index in [1.54, 1.807) is 45.5 Å². The second-order valence-corrected chi connectivity index (χ2v) is 24.4. The van der Waals surface area contributed by atoms with Gasteiger partial charge >= 0.3 is 18.5 Å². The third kappa shape index (κ3) is 9.96. The van der Waals surface area contributed by atoms with Crippen LogP contribution in [-0.2, 0) is 18.5 Å². The Bertz CT molecular complexity index is 5900. The molecule has 16 aromatic rings. The number of hydrogen-bond donors (Lipinski definition) is 0. The van der Waals surface area contributed by atoms with E-state index in [1.807, 2.05) is 173 Å². The lowest BCUT2D eigenvalue weighted by Crippen LogP contribution is -2.16. The molecule has 0 amide bonds. The smallest absolute Gasteiger partial charge is 0.308 e. The van der Waals surface area contributed by atoms with Crippen LogP contribution in [0.15, 0.2) is 231 Å². The van der Waals surface area contributed by atoms with Gasteiger partial charge in [0, 0.05) is 54.2 Å². The van der Waals surface area contributed by atoms with Gasteiger partial charge in [-0.3, -0.25) is 0 Å². The van der Waals surface area contributed by atoms with E-state index < -0.39 is 35.2 Å². The highest BCUT2D eigenvalue weighted by atomic mass is 19.4. The van der Waals surface area contributed by atoms with Crippen LogP contribution in [0.5, 0.6) is 0 Å². The second kappa shape index (κ2) is 23.0. The molecular weight excluding hydrogens is 1250 g/mol. The number of para-hydroxylation sites is 8. The molecule has 0 saturated carbocycles. The molecule has 12 aromatic carbocycles. The molecule has 0 aliphatic rings. The monoisotopic (exact) mass is 1300 g/mol. The summed E-state index contributed by atoms with van der Waals surface area (Å²) in [5.41, 5.74) is 7.46. The summed E-state index contributed by atoms with van der Waals surface area (Å²) in [4.78, 5) is 6.66. The van der Waals surface area contributed by atoms with Gasteiger partial charge in [-0.1, -0.05) is 146 Å². The summed E-state index contributed by atoms with van der Waals surface area (Å²) in [6.45, 7) is 22.8. The van der Waals surface area contributed by atoms with E-state index in [0.29, 0.717) is 44.6 Å². The first-order valence-electron chi connectivity index (χ1n) is 31.1. The number of nitriles is 1. The van der Waals surface area contributed by atoms with Gasteiger partial charge in [-0.25, -0.2) is 9.69 Å². The predicted octanol–water partition coefficient (Wildman–Crippen LogP) is 24.4. The zero-order chi connectivity index (χ0) is 68.4. The minimum Gasteiger partial charge on any atom is -0.308 e. The van der Waals surface area contributed by atoms with Crippen LogP contribution in [0.25, 0.3) is 142 Å². The zero-order valence-electron chi connectivity index (χ0n) is 52.5. The number of nitrogens with zero attached hydrogens (tertiary/aromatic N) is 7. The first-order chi connectivity index (χ1) is 47.1. The van der Waals surface area contributed by atoms with Gasteiger partial charge in [0.15, 0.2) is 11.4 Å². The number of aromatic nitrogens is 4. The lowest BCUT2D eigenvalue weighted by molar-refractivity contribution is -0.138. The average molecular weight is 1300 g/mol. The molecule has 16 rings (SSSR count). The lowest BCUT2D eigenvalue weighted by atomic mass is 9.97. The van der Waals surface area contributed by atoms with Crippen LogP contribution in [0.4, 0.5) is 50.9 Å². The van der Waals surface area contributed by atoms with Crippen LogP contribution >= 0.6 is 0 Å².